The van der Waals surface area contributed by atoms with Gasteiger partial charge < -0.3 is 10.2 Å². The van der Waals surface area contributed by atoms with Gasteiger partial charge in [-0.05, 0) is 81.8 Å². The fourth-order valence-corrected chi connectivity index (χ4v) is 8.21. The van der Waals surface area contributed by atoms with Crippen LogP contribution in [0.4, 0.5) is 14.6 Å². The fraction of sp³-hybridized carbons (Fsp3) is 0.594. The van der Waals surface area contributed by atoms with Crippen molar-refractivity contribution in [3.05, 3.63) is 63.7 Å². The lowest BCUT2D eigenvalue weighted by atomic mass is 9.86. The van der Waals surface area contributed by atoms with Crippen LogP contribution in [0.15, 0.2) is 41.5 Å². The van der Waals surface area contributed by atoms with Crippen molar-refractivity contribution in [1.29, 1.82) is 0 Å². The number of hydrogen-bond acceptors (Lipinski definition) is 6. The number of piperidine rings is 1. The first-order valence-electron chi connectivity index (χ1n) is 15.6. The number of hydrogen-bond donors (Lipinski definition) is 1. The molecular weight excluding hydrogens is 556 g/mol. The minimum absolute atomic E-state index is 0.0123. The molecular formula is C32H41F2N5O2S. The average molecular weight is 598 g/mol. The molecule has 1 N–H and O–H groups in total. The molecule has 2 saturated heterocycles. The van der Waals surface area contributed by atoms with Crippen LogP contribution < -0.4 is 10.9 Å². The van der Waals surface area contributed by atoms with E-state index in [0.717, 1.165) is 81.1 Å². The number of nitrogens with one attached hydrogen (secondary N) is 1. The standard InChI is InChI=1S/C32H41F2N5O2S/c33-32(34)25-9-15-38(16-10-25)13-4-2-1-3-5-14-39-30-28(20-27(31(39)40)24-11-17-42(41)18-12-24)29(36-22-37-30)35-21-23-7-6-8-26(32)19-23/h6-8,19-20,22,24-25H,1-5,9-18,21H2,(H,35,36,37). The minimum atomic E-state index is -2.88. The van der Waals surface area contributed by atoms with Gasteiger partial charge in [-0.3, -0.25) is 13.6 Å². The first kappa shape index (κ1) is 29.4. The Labute approximate surface area is 248 Å². The molecule has 10 heteroatoms. The highest BCUT2D eigenvalue weighted by Crippen LogP contribution is 2.42. The monoisotopic (exact) mass is 597 g/mol. The second-order valence-corrected chi connectivity index (χ2v) is 13.9. The maximum Gasteiger partial charge on any atom is 0.276 e. The molecule has 0 atom stereocenters. The number of fused-ring (bicyclic) bond motifs is 9. The van der Waals surface area contributed by atoms with Crippen LogP contribution in [0.3, 0.4) is 0 Å². The van der Waals surface area contributed by atoms with Gasteiger partial charge in [-0.25, -0.2) is 18.7 Å². The van der Waals surface area contributed by atoms with Gasteiger partial charge in [0.2, 0.25) is 0 Å². The zero-order valence-electron chi connectivity index (χ0n) is 24.2. The lowest BCUT2D eigenvalue weighted by Crippen LogP contribution is -2.40. The third kappa shape index (κ3) is 6.30. The van der Waals surface area contributed by atoms with Crippen molar-refractivity contribution in [3.63, 3.8) is 0 Å². The Hall–Kier alpha value is -2.72. The van der Waals surface area contributed by atoms with Gasteiger partial charge >= 0.3 is 0 Å². The zero-order chi connectivity index (χ0) is 29.1. The van der Waals surface area contributed by atoms with E-state index in [0.29, 0.717) is 48.9 Å². The highest BCUT2D eigenvalue weighted by Gasteiger charge is 2.42. The molecule has 0 aliphatic carbocycles. The summed E-state index contributed by atoms with van der Waals surface area (Å²) >= 11 is 0. The molecule has 226 valence electrons. The van der Waals surface area contributed by atoms with E-state index in [-0.39, 0.29) is 17.0 Å². The molecule has 4 aliphatic rings. The molecule has 42 heavy (non-hydrogen) atoms. The Morgan fingerprint density at radius 3 is 2.43 bits per heavy atom. The summed E-state index contributed by atoms with van der Waals surface area (Å²) in [7, 11) is -0.821. The van der Waals surface area contributed by atoms with Gasteiger partial charge in [0, 0.05) is 52.4 Å². The number of aryl methyl sites for hydroxylation is 1. The second kappa shape index (κ2) is 12.9. The van der Waals surface area contributed by atoms with Crippen molar-refractivity contribution in [3.8, 4) is 0 Å². The highest BCUT2D eigenvalue weighted by atomic mass is 32.2. The van der Waals surface area contributed by atoms with E-state index in [2.05, 4.69) is 20.2 Å². The maximum absolute atomic E-state index is 15.7. The third-order valence-electron chi connectivity index (χ3n) is 9.47. The summed E-state index contributed by atoms with van der Waals surface area (Å²) < 4.78 is 45.2. The van der Waals surface area contributed by atoms with Crippen molar-refractivity contribution >= 4 is 27.7 Å². The molecule has 2 fully saturated rings. The molecule has 4 aliphatic heterocycles. The minimum Gasteiger partial charge on any atom is -0.365 e. The van der Waals surface area contributed by atoms with Crippen molar-refractivity contribution in [2.75, 3.05) is 36.5 Å². The quantitative estimate of drug-likeness (QED) is 0.382. The molecule has 8 bridgehead atoms. The molecule has 7 nitrogen and oxygen atoms in total. The number of rotatable bonds is 1. The second-order valence-electron chi connectivity index (χ2n) is 12.2. The third-order valence-corrected chi connectivity index (χ3v) is 10.8. The van der Waals surface area contributed by atoms with Crippen LogP contribution in [0, 0.1) is 5.92 Å². The molecule has 6 heterocycles. The molecule has 0 saturated carbocycles. The summed E-state index contributed by atoms with van der Waals surface area (Å²) in [6, 6.07) is 8.66. The number of aromatic nitrogens is 3. The summed E-state index contributed by atoms with van der Waals surface area (Å²) in [6.45, 7) is 3.31. The van der Waals surface area contributed by atoms with Crippen LogP contribution in [-0.4, -0.2) is 54.8 Å². The van der Waals surface area contributed by atoms with Crippen LogP contribution >= 0.6 is 0 Å². The Morgan fingerprint density at radius 1 is 0.905 bits per heavy atom. The van der Waals surface area contributed by atoms with Gasteiger partial charge in [-0.15, -0.1) is 0 Å². The zero-order valence-corrected chi connectivity index (χ0v) is 25.0. The number of nitrogens with zero attached hydrogens (tertiary/aromatic N) is 4. The summed E-state index contributed by atoms with van der Waals surface area (Å²) in [5.74, 6) is -1.67. The number of anilines is 1. The normalized spacial score (nSPS) is 27.3. The maximum atomic E-state index is 15.7. The lowest BCUT2D eigenvalue weighted by Gasteiger charge is -2.36. The number of alkyl halides is 2. The Kier molecular flexibility index (Phi) is 9.00. The number of pyridine rings is 1. The van der Waals surface area contributed by atoms with Crippen molar-refractivity contribution in [1.82, 2.24) is 19.4 Å². The SMILES string of the molecule is O=c1c(C2CCS(=O)CC2)cc2c3ncnc2n1CCCCCCCN1CCC(CC1)C(F)(F)c1cccc(c1)CN3. The van der Waals surface area contributed by atoms with Crippen molar-refractivity contribution in [2.24, 2.45) is 5.92 Å². The molecule has 0 radical (unpaired) electrons. The lowest BCUT2D eigenvalue weighted by molar-refractivity contribution is -0.0855. The molecule has 0 unspecified atom stereocenters. The summed E-state index contributed by atoms with van der Waals surface area (Å²) in [4.78, 5) is 25.2. The predicted molar refractivity (Wildman–Crippen MR) is 164 cm³/mol. The Morgan fingerprint density at radius 2 is 1.64 bits per heavy atom. The first-order chi connectivity index (χ1) is 20.4. The Balaban J connectivity index is 1.35. The van der Waals surface area contributed by atoms with E-state index < -0.39 is 22.6 Å². The van der Waals surface area contributed by atoms with E-state index in [1.54, 1.807) is 22.8 Å². The largest absolute Gasteiger partial charge is 0.365 e. The fourth-order valence-electron chi connectivity index (χ4n) is 6.91. The van der Waals surface area contributed by atoms with E-state index in [1.165, 1.54) is 6.33 Å². The van der Waals surface area contributed by atoms with Gasteiger partial charge in [0.25, 0.3) is 11.5 Å². The van der Waals surface area contributed by atoms with Crippen LogP contribution in [0.5, 0.6) is 0 Å². The van der Waals surface area contributed by atoms with E-state index in [4.69, 9.17) is 0 Å². The highest BCUT2D eigenvalue weighted by molar-refractivity contribution is 7.85. The van der Waals surface area contributed by atoms with E-state index >= 15 is 8.78 Å². The first-order valence-corrected chi connectivity index (χ1v) is 17.1. The van der Waals surface area contributed by atoms with Gasteiger partial charge in [0.15, 0.2) is 0 Å². The number of halogens is 2. The molecule has 2 aromatic heterocycles. The smallest absolute Gasteiger partial charge is 0.276 e. The average Bonchev–Trinajstić information content (AvgIpc) is 3.00. The Bertz CT molecular complexity index is 1480. The van der Waals surface area contributed by atoms with Gasteiger partial charge in [0.05, 0.1) is 5.39 Å². The topological polar surface area (TPSA) is 80.1 Å². The van der Waals surface area contributed by atoms with Crippen molar-refractivity contribution < 1.29 is 13.0 Å². The summed E-state index contributed by atoms with van der Waals surface area (Å²) in [5.41, 5.74) is 2.15. The molecule has 7 rings (SSSR count). The van der Waals surface area contributed by atoms with E-state index in [9.17, 15) is 9.00 Å². The summed E-state index contributed by atoms with van der Waals surface area (Å²) in [5, 5.41) is 4.13. The molecule has 0 spiro atoms. The number of benzene rings is 1. The summed E-state index contributed by atoms with van der Waals surface area (Å²) in [6.07, 6.45) is 9.07. The van der Waals surface area contributed by atoms with Crippen LogP contribution in [0.25, 0.3) is 11.0 Å². The van der Waals surface area contributed by atoms with Gasteiger partial charge in [0.1, 0.15) is 17.8 Å². The van der Waals surface area contributed by atoms with E-state index in [1.807, 2.05) is 12.1 Å². The van der Waals surface area contributed by atoms with Crippen LogP contribution in [0.1, 0.15) is 80.4 Å². The van der Waals surface area contributed by atoms with Gasteiger partial charge in [-0.2, -0.15) is 0 Å². The predicted octanol–water partition coefficient (Wildman–Crippen LogP) is 5.80. The van der Waals surface area contributed by atoms with Crippen LogP contribution in [0.2, 0.25) is 0 Å². The van der Waals surface area contributed by atoms with Crippen LogP contribution in [-0.2, 0) is 29.8 Å². The molecule has 1 aromatic carbocycles. The van der Waals surface area contributed by atoms with Gasteiger partial charge in [-0.1, -0.05) is 37.5 Å². The molecule has 3 aromatic rings. The van der Waals surface area contributed by atoms with Crippen molar-refractivity contribution in [2.45, 2.75) is 82.7 Å². The molecule has 0 amide bonds.